The normalized spacial score (nSPS) is 36.9. The molecule has 0 radical (unpaired) electrons. The summed E-state index contributed by atoms with van der Waals surface area (Å²) in [5.41, 5.74) is 1.51. The third-order valence-corrected chi connectivity index (χ3v) is 14.3. The third kappa shape index (κ3) is 16.0. The van der Waals surface area contributed by atoms with E-state index in [0.29, 0.717) is 69.3 Å². The monoisotopic (exact) mass is 981 g/mol. The lowest BCUT2D eigenvalue weighted by Gasteiger charge is -2.42. The van der Waals surface area contributed by atoms with E-state index in [2.05, 4.69) is 22.6 Å². The minimum atomic E-state index is -2.38. The molecule has 62 heavy (non-hydrogen) atoms. The van der Waals surface area contributed by atoms with E-state index in [1.54, 1.807) is 27.0 Å². The fourth-order valence-corrected chi connectivity index (χ4v) is 9.64. The van der Waals surface area contributed by atoms with Crippen LogP contribution in [0.3, 0.4) is 0 Å². The van der Waals surface area contributed by atoms with Gasteiger partial charge in [0.25, 0.3) is 11.7 Å². The molecule has 13 heteroatoms. The molecule has 1 unspecified atom stereocenters. The van der Waals surface area contributed by atoms with Crippen LogP contribution in [0.5, 0.6) is 0 Å². The maximum atomic E-state index is 14.3. The number of esters is 1. The number of nitrogens with zero attached hydrogens (tertiary/aromatic N) is 1. The fraction of sp³-hybridized carbons (Fsp3) is 0.755. The number of cyclic esters (lactones) is 1. The van der Waals surface area contributed by atoms with Crippen LogP contribution in [0.4, 0.5) is 0 Å². The lowest BCUT2D eigenvalue weighted by atomic mass is 9.80. The van der Waals surface area contributed by atoms with Gasteiger partial charge in [0.05, 0.1) is 30.5 Å². The minimum absolute atomic E-state index is 0.00304. The quantitative estimate of drug-likeness (QED) is 0.0541. The van der Waals surface area contributed by atoms with Crippen molar-refractivity contribution in [2.24, 2.45) is 17.8 Å². The van der Waals surface area contributed by atoms with Crippen LogP contribution in [0.1, 0.15) is 143 Å². The molecular weight excluding hydrogens is 905 g/mol. The number of fused-ring (bicyclic) bond motifs is 3. The average Bonchev–Trinajstić information content (AvgIpc) is 3.26. The number of ether oxygens (including phenoxy) is 4. The van der Waals surface area contributed by atoms with E-state index in [1.807, 2.05) is 44.2 Å². The van der Waals surface area contributed by atoms with Crippen LogP contribution in [-0.4, -0.2) is 117 Å². The highest BCUT2D eigenvalue weighted by Crippen LogP contribution is 2.37. The number of alkyl halides is 1. The maximum Gasteiger partial charge on any atom is 0.329 e. The van der Waals surface area contributed by atoms with Gasteiger partial charge in [0, 0.05) is 56.3 Å². The summed E-state index contributed by atoms with van der Waals surface area (Å²) < 4.78 is 25.4. The Labute approximate surface area is 384 Å². The summed E-state index contributed by atoms with van der Waals surface area (Å²) in [5.74, 6) is -5.49. The second-order valence-electron chi connectivity index (χ2n) is 18.4. The number of halogens is 1. The number of rotatable bonds is 8. The molecule has 4 rings (SSSR count). The molecule has 3 heterocycles. The van der Waals surface area contributed by atoms with Gasteiger partial charge in [-0.2, -0.15) is 0 Å². The highest BCUT2D eigenvalue weighted by molar-refractivity contribution is 14.1. The third-order valence-electron chi connectivity index (χ3n) is 13.5. The second-order valence-corrected chi connectivity index (χ2v) is 19.5. The Kier molecular flexibility index (Phi) is 22.5. The Morgan fingerprint density at radius 1 is 0.952 bits per heavy atom. The van der Waals surface area contributed by atoms with Crippen molar-refractivity contribution in [3.63, 3.8) is 0 Å². The van der Waals surface area contributed by atoms with Gasteiger partial charge in [-0.3, -0.25) is 14.4 Å². The van der Waals surface area contributed by atoms with Crippen LogP contribution in [-0.2, 0) is 38.1 Å². The summed E-state index contributed by atoms with van der Waals surface area (Å²) in [6.45, 7) is 8.34. The molecule has 3 aliphatic heterocycles. The molecule has 350 valence electrons. The summed E-state index contributed by atoms with van der Waals surface area (Å²) in [5, 5.41) is 34.1. The second kappa shape index (κ2) is 26.6. The van der Waals surface area contributed by atoms with Crippen LogP contribution in [0.15, 0.2) is 47.6 Å². The molecule has 0 aromatic heterocycles. The van der Waals surface area contributed by atoms with E-state index < -0.39 is 59.8 Å². The molecule has 0 spiro atoms. The molecular formula is C49H76INO11. The number of hydrogen-bond acceptors (Lipinski definition) is 11. The van der Waals surface area contributed by atoms with Gasteiger partial charge < -0.3 is 39.2 Å². The summed E-state index contributed by atoms with van der Waals surface area (Å²) in [6.07, 6.45) is 18.8. The molecule has 2 bridgehead atoms. The maximum absolute atomic E-state index is 14.3. The van der Waals surface area contributed by atoms with Crippen LogP contribution < -0.4 is 0 Å². The number of hydrogen-bond donors (Lipinski definition) is 3. The number of carbonyl (C=O) groups is 4. The number of amides is 1. The highest BCUT2D eigenvalue weighted by Gasteiger charge is 2.53. The smallest absolute Gasteiger partial charge is 0.329 e. The van der Waals surface area contributed by atoms with Gasteiger partial charge in [-0.1, -0.05) is 72.9 Å². The number of piperidine rings is 1. The lowest BCUT2D eigenvalue weighted by molar-refractivity contribution is -0.265. The first-order valence-corrected chi connectivity index (χ1v) is 24.9. The first-order chi connectivity index (χ1) is 29.7. The number of carbonyl (C=O) groups excluding carboxylic acids is 4. The van der Waals surface area contributed by atoms with E-state index >= 15 is 0 Å². The molecule has 1 aliphatic carbocycles. The molecule has 3 fully saturated rings. The zero-order chi connectivity index (χ0) is 45.2. The molecule has 0 aromatic carbocycles. The van der Waals surface area contributed by atoms with E-state index in [9.17, 15) is 34.5 Å². The Morgan fingerprint density at radius 3 is 2.44 bits per heavy atom. The van der Waals surface area contributed by atoms with Gasteiger partial charge in [0.2, 0.25) is 5.79 Å². The number of allylic oxidation sites excluding steroid dienone is 5. The van der Waals surface area contributed by atoms with E-state index in [0.717, 1.165) is 55.1 Å². The Bertz CT molecular complexity index is 1570. The Morgan fingerprint density at radius 2 is 1.71 bits per heavy atom. The molecule has 9 atom stereocenters. The van der Waals surface area contributed by atoms with Gasteiger partial charge in [-0.05, 0) is 127 Å². The number of Topliss-reactive ketones (excluding diaryl/α,β-unsaturated/α-hetero) is 2. The molecule has 1 saturated carbocycles. The standard InChI is InChI=1S/C49H76INO11/c1-33-18-22-39(53)31-45(35(3)29-37-20-24-40(25-21-37)60-28-14-26-50)61-48(57)42-17-12-13-27-51(42)47(56)46(55)49(58)36(4)19-23-41(62-49)32-44(59-5)34(2)15-10-8-6-7-9-11-16-38(52)30-43(33)54/h6-8,10,15,18,35-37,39-45,53-54,58H,9,11-14,16-17,19-32H2,1-5H3/b7-6+,10-8+,33-18+,34-15+/t35-,36-,37-,39?,40-,41+,42+,43+,44+,45+,49-/m1/s1. The predicted octanol–water partition coefficient (Wildman–Crippen LogP) is 7.83. The van der Waals surface area contributed by atoms with E-state index in [-0.39, 0.29) is 49.7 Å². The van der Waals surface area contributed by atoms with Crippen molar-refractivity contribution < 1.29 is 53.4 Å². The zero-order valence-corrected chi connectivity index (χ0v) is 40.2. The van der Waals surface area contributed by atoms with Gasteiger partial charge in [0.15, 0.2) is 0 Å². The lowest BCUT2D eigenvalue weighted by Crippen LogP contribution is -2.61. The van der Waals surface area contributed by atoms with Crippen molar-refractivity contribution in [1.82, 2.24) is 4.90 Å². The Hall–Kier alpha value is -2.27. The van der Waals surface area contributed by atoms with Crippen LogP contribution in [0, 0.1) is 17.8 Å². The van der Waals surface area contributed by atoms with Crippen molar-refractivity contribution in [3.05, 3.63) is 47.6 Å². The van der Waals surface area contributed by atoms with Crippen molar-refractivity contribution in [2.75, 3.05) is 24.7 Å². The van der Waals surface area contributed by atoms with Crippen LogP contribution in [0.2, 0.25) is 0 Å². The van der Waals surface area contributed by atoms with Crippen molar-refractivity contribution in [2.45, 2.75) is 192 Å². The number of ketones is 2. The first kappa shape index (κ1) is 52.4. The number of aliphatic hydroxyl groups excluding tert-OH is 2. The first-order valence-electron chi connectivity index (χ1n) is 23.4. The van der Waals surface area contributed by atoms with E-state index in [4.69, 9.17) is 18.9 Å². The highest BCUT2D eigenvalue weighted by atomic mass is 127. The molecule has 0 aromatic rings. The fourth-order valence-electron chi connectivity index (χ4n) is 9.33. The van der Waals surface area contributed by atoms with Gasteiger partial charge in [0.1, 0.15) is 17.9 Å². The summed E-state index contributed by atoms with van der Waals surface area (Å²) in [4.78, 5) is 56.6. The van der Waals surface area contributed by atoms with Crippen molar-refractivity contribution in [1.29, 1.82) is 0 Å². The SMILES string of the molecule is CO[C@H]1C[C@@H]2CC[C@@H](C)[C@@](O)(O2)C(=O)C(=O)N2CCCC[C@H]2C(=O)O[C@H]([C@H](C)C[C@H]2CC[C@H](OCCCI)CC2)CC(O)C/C=C(\C)[C@@H](O)CC(=O)CCC/C=C/C=C/C=C/1C. The summed E-state index contributed by atoms with van der Waals surface area (Å²) in [7, 11) is 1.59. The summed E-state index contributed by atoms with van der Waals surface area (Å²) in [6, 6.07) is -1.04. The number of aliphatic hydroxyl groups is 3. The van der Waals surface area contributed by atoms with Gasteiger partial charge in [-0.25, -0.2) is 4.79 Å². The zero-order valence-electron chi connectivity index (χ0n) is 38.0. The largest absolute Gasteiger partial charge is 0.460 e. The van der Waals surface area contributed by atoms with Crippen LogP contribution in [0.25, 0.3) is 0 Å². The summed E-state index contributed by atoms with van der Waals surface area (Å²) >= 11 is 2.36. The topological polar surface area (TPSA) is 169 Å². The molecule has 3 N–H and O–H groups in total. The molecule has 12 nitrogen and oxygen atoms in total. The van der Waals surface area contributed by atoms with Crippen molar-refractivity contribution >= 4 is 46.0 Å². The van der Waals surface area contributed by atoms with Crippen LogP contribution >= 0.6 is 22.6 Å². The van der Waals surface area contributed by atoms with Gasteiger partial charge >= 0.3 is 5.97 Å². The molecule has 1 amide bonds. The van der Waals surface area contributed by atoms with Gasteiger partial charge in [-0.15, -0.1) is 0 Å². The average molecular weight is 982 g/mol. The number of methoxy groups -OCH3 is 1. The van der Waals surface area contributed by atoms with Crippen molar-refractivity contribution in [3.8, 4) is 0 Å². The predicted molar refractivity (Wildman–Crippen MR) is 247 cm³/mol. The molecule has 4 aliphatic rings. The molecule has 2 saturated heterocycles. The minimum Gasteiger partial charge on any atom is -0.460 e. The van der Waals surface area contributed by atoms with E-state index in [1.165, 1.54) is 4.90 Å². The Balaban J connectivity index is 1.58.